The minimum atomic E-state index is -1.37. The normalized spacial score (nSPS) is 10.3. The van der Waals surface area contributed by atoms with Crippen LogP contribution in [-0.2, 0) is 9.59 Å². The maximum Gasteiger partial charge on any atom is 0.328 e. The summed E-state index contributed by atoms with van der Waals surface area (Å²) in [6, 6.07) is 3.07. The first kappa shape index (κ1) is 13.3. The lowest BCUT2D eigenvalue weighted by atomic mass is 10.2. The number of carboxylic acids is 1. The van der Waals surface area contributed by atoms with Crippen LogP contribution in [0.25, 0.3) is 0 Å². The molecule has 0 radical (unpaired) electrons. The van der Waals surface area contributed by atoms with Crippen molar-refractivity contribution in [3.63, 3.8) is 0 Å². The Balaban J connectivity index is 3.00. The highest BCUT2D eigenvalue weighted by Crippen LogP contribution is 2.26. The summed E-state index contributed by atoms with van der Waals surface area (Å²) in [5, 5.41) is 20.8. The molecule has 1 aromatic carbocycles. The third-order valence-electron chi connectivity index (χ3n) is 1.81. The van der Waals surface area contributed by atoms with E-state index in [0.29, 0.717) is 12.2 Å². The van der Waals surface area contributed by atoms with Crippen molar-refractivity contribution >= 4 is 23.3 Å². The molecule has 0 spiro atoms. The summed E-state index contributed by atoms with van der Waals surface area (Å²) < 4.78 is 13.3. The van der Waals surface area contributed by atoms with Crippen LogP contribution >= 0.6 is 0 Å². The van der Waals surface area contributed by atoms with E-state index >= 15 is 0 Å². The molecule has 0 saturated heterocycles. The molecule has 18 heavy (non-hydrogen) atoms. The Labute approximate surface area is 99.7 Å². The van der Waals surface area contributed by atoms with Gasteiger partial charge in [-0.2, -0.15) is 0 Å². The first-order chi connectivity index (χ1) is 8.41. The summed E-state index contributed by atoms with van der Waals surface area (Å²) in [4.78, 5) is 31.1. The molecule has 1 aromatic rings. The van der Waals surface area contributed by atoms with Gasteiger partial charge in [-0.25, -0.2) is 9.18 Å². The van der Waals surface area contributed by atoms with Crippen LogP contribution in [0.5, 0.6) is 0 Å². The summed E-state index contributed by atoms with van der Waals surface area (Å²) in [5.41, 5.74) is -1.23. The first-order valence-corrected chi connectivity index (χ1v) is 4.56. The minimum Gasteiger partial charge on any atom is -0.478 e. The fourth-order valence-corrected chi connectivity index (χ4v) is 1.10. The Morgan fingerprint density at radius 2 is 2.06 bits per heavy atom. The second-order valence-corrected chi connectivity index (χ2v) is 3.05. The van der Waals surface area contributed by atoms with Crippen LogP contribution in [0.2, 0.25) is 0 Å². The molecule has 0 aliphatic rings. The fraction of sp³-hybridized carbons (Fsp3) is 0. The van der Waals surface area contributed by atoms with Gasteiger partial charge in [0.1, 0.15) is 0 Å². The predicted molar refractivity (Wildman–Crippen MR) is 58.5 cm³/mol. The number of carbonyl (C=O) groups is 2. The number of hydrogen-bond acceptors (Lipinski definition) is 4. The van der Waals surface area contributed by atoms with Crippen LogP contribution in [0, 0.1) is 15.9 Å². The van der Waals surface area contributed by atoms with Crippen LogP contribution in [0.3, 0.4) is 0 Å². The van der Waals surface area contributed by atoms with Gasteiger partial charge in [0.25, 0.3) is 5.69 Å². The molecule has 1 amide bonds. The smallest absolute Gasteiger partial charge is 0.328 e. The number of anilines is 1. The standard InChI is InChI=1S/C10H7FN2O5/c11-6-2-1-3-7(13(17)18)10(6)12-8(14)4-5-9(15)16/h1-5H,(H,12,14)(H,15,16)/b5-4+. The number of amides is 1. The Hall–Kier alpha value is -2.77. The maximum absolute atomic E-state index is 13.3. The van der Waals surface area contributed by atoms with Gasteiger partial charge in [-0.05, 0) is 6.07 Å². The summed E-state index contributed by atoms with van der Waals surface area (Å²) in [6.07, 6.45) is 1.15. The predicted octanol–water partition coefficient (Wildman–Crippen LogP) is 1.31. The van der Waals surface area contributed by atoms with Gasteiger partial charge in [-0.3, -0.25) is 14.9 Å². The molecule has 7 nitrogen and oxygen atoms in total. The molecular formula is C10H7FN2O5. The number of carboxylic acid groups (broad SMARTS) is 1. The lowest BCUT2D eigenvalue weighted by molar-refractivity contribution is -0.384. The Bertz CT molecular complexity index is 541. The van der Waals surface area contributed by atoms with Crippen molar-refractivity contribution < 1.29 is 24.0 Å². The molecule has 0 heterocycles. The Morgan fingerprint density at radius 3 is 2.61 bits per heavy atom. The zero-order chi connectivity index (χ0) is 13.7. The number of aliphatic carboxylic acids is 1. The average molecular weight is 254 g/mol. The van der Waals surface area contributed by atoms with E-state index in [9.17, 15) is 24.1 Å². The van der Waals surface area contributed by atoms with Crippen LogP contribution in [0.4, 0.5) is 15.8 Å². The third kappa shape index (κ3) is 3.37. The van der Waals surface area contributed by atoms with E-state index < -0.39 is 34.0 Å². The van der Waals surface area contributed by atoms with Crippen LogP contribution in [0.1, 0.15) is 0 Å². The number of para-hydroxylation sites is 1. The summed E-state index contributed by atoms with van der Waals surface area (Å²) in [6.45, 7) is 0. The zero-order valence-electron chi connectivity index (χ0n) is 8.79. The van der Waals surface area contributed by atoms with E-state index in [1.165, 1.54) is 0 Å². The highest BCUT2D eigenvalue weighted by atomic mass is 19.1. The van der Waals surface area contributed by atoms with Crippen molar-refractivity contribution in [3.8, 4) is 0 Å². The van der Waals surface area contributed by atoms with Crippen LogP contribution in [0.15, 0.2) is 30.4 Å². The van der Waals surface area contributed by atoms with Gasteiger partial charge < -0.3 is 10.4 Å². The van der Waals surface area contributed by atoms with Gasteiger partial charge in [0.15, 0.2) is 11.5 Å². The zero-order valence-corrected chi connectivity index (χ0v) is 8.79. The van der Waals surface area contributed by atoms with Gasteiger partial charge >= 0.3 is 5.97 Å². The van der Waals surface area contributed by atoms with E-state index in [0.717, 1.165) is 18.2 Å². The van der Waals surface area contributed by atoms with Crippen LogP contribution < -0.4 is 5.32 Å². The van der Waals surface area contributed by atoms with E-state index in [1.54, 1.807) is 0 Å². The molecule has 0 saturated carbocycles. The molecule has 0 aromatic heterocycles. The fourth-order valence-electron chi connectivity index (χ4n) is 1.10. The summed E-state index contributed by atoms with van der Waals surface area (Å²) in [5.74, 6) is -3.33. The molecule has 8 heteroatoms. The van der Waals surface area contributed by atoms with Crippen molar-refractivity contribution in [2.45, 2.75) is 0 Å². The van der Waals surface area contributed by atoms with Crippen LogP contribution in [-0.4, -0.2) is 21.9 Å². The number of nitrogens with zero attached hydrogens (tertiary/aromatic N) is 1. The molecule has 94 valence electrons. The third-order valence-corrected chi connectivity index (χ3v) is 1.81. The molecule has 0 aliphatic heterocycles. The van der Waals surface area contributed by atoms with Gasteiger partial charge in [0.2, 0.25) is 5.91 Å². The molecule has 0 atom stereocenters. The van der Waals surface area contributed by atoms with Gasteiger partial charge in [0.05, 0.1) is 4.92 Å². The maximum atomic E-state index is 13.3. The van der Waals surface area contributed by atoms with Crippen molar-refractivity contribution in [2.24, 2.45) is 0 Å². The number of benzene rings is 1. The molecule has 2 N–H and O–H groups in total. The van der Waals surface area contributed by atoms with Crippen molar-refractivity contribution in [3.05, 3.63) is 46.3 Å². The Morgan fingerprint density at radius 1 is 1.39 bits per heavy atom. The second kappa shape index (κ2) is 5.53. The topological polar surface area (TPSA) is 110 Å². The summed E-state index contributed by atoms with van der Waals surface area (Å²) in [7, 11) is 0. The number of carbonyl (C=O) groups excluding carboxylic acids is 1. The molecule has 0 bridgehead atoms. The lowest BCUT2D eigenvalue weighted by Gasteiger charge is -2.04. The molecule has 0 aliphatic carbocycles. The quantitative estimate of drug-likeness (QED) is 0.478. The van der Waals surface area contributed by atoms with E-state index in [2.05, 4.69) is 0 Å². The molecule has 0 fully saturated rings. The number of rotatable bonds is 4. The molecular weight excluding hydrogens is 247 g/mol. The van der Waals surface area contributed by atoms with E-state index in [1.807, 2.05) is 5.32 Å². The number of nitro groups is 1. The number of nitrogens with one attached hydrogen (secondary N) is 1. The molecule has 1 rings (SSSR count). The minimum absolute atomic E-state index is 0.530. The highest BCUT2D eigenvalue weighted by Gasteiger charge is 2.18. The monoisotopic (exact) mass is 254 g/mol. The number of hydrogen-bond donors (Lipinski definition) is 2. The molecule has 0 unspecified atom stereocenters. The van der Waals surface area contributed by atoms with Crippen molar-refractivity contribution in [1.82, 2.24) is 0 Å². The highest BCUT2D eigenvalue weighted by molar-refractivity contribution is 6.03. The average Bonchev–Trinajstić information content (AvgIpc) is 2.28. The summed E-state index contributed by atoms with van der Waals surface area (Å²) >= 11 is 0. The lowest BCUT2D eigenvalue weighted by Crippen LogP contribution is -2.11. The Kier molecular flexibility index (Phi) is 4.08. The SMILES string of the molecule is O=C(O)/C=C/C(=O)Nc1c(F)cccc1[N+](=O)[O-]. The van der Waals surface area contributed by atoms with Gasteiger partial charge in [-0.1, -0.05) is 6.07 Å². The van der Waals surface area contributed by atoms with Gasteiger partial charge in [-0.15, -0.1) is 0 Å². The van der Waals surface area contributed by atoms with E-state index in [4.69, 9.17) is 5.11 Å². The van der Waals surface area contributed by atoms with E-state index in [-0.39, 0.29) is 0 Å². The van der Waals surface area contributed by atoms with Gasteiger partial charge in [0, 0.05) is 18.2 Å². The second-order valence-electron chi connectivity index (χ2n) is 3.05. The van der Waals surface area contributed by atoms with Crippen molar-refractivity contribution in [1.29, 1.82) is 0 Å². The number of nitro benzene ring substituents is 1. The van der Waals surface area contributed by atoms with Crippen molar-refractivity contribution in [2.75, 3.05) is 5.32 Å². The largest absolute Gasteiger partial charge is 0.478 e. The number of halogens is 1. The first-order valence-electron chi connectivity index (χ1n) is 4.56.